The molecule has 3 N–H and O–H groups in total. The van der Waals surface area contributed by atoms with Crippen molar-refractivity contribution < 1.29 is 18.4 Å². The predicted molar refractivity (Wildman–Crippen MR) is 73.8 cm³/mol. The first kappa shape index (κ1) is 15.2. The van der Waals surface area contributed by atoms with Crippen LogP contribution in [0.15, 0.2) is 18.2 Å². The quantitative estimate of drug-likeness (QED) is 0.797. The van der Waals surface area contributed by atoms with E-state index in [1.165, 1.54) is 0 Å². The molecule has 1 saturated carbocycles. The first-order valence-corrected chi connectivity index (χ1v) is 6.83. The first-order valence-electron chi connectivity index (χ1n) is 6.83. The smallest absolute Gasteiger partial charge is 0.321 e. The van der Waals surface area contributed by atoms with Gasteiger partial charge in [0.1, 0.15) is 11.6 Å². The molecule has 0 atom stereocenters. The number of halogens is 2. The van der Waals surface area contributed by atoms with E-state index in [-0.39, 0.29) is 18.3 Å². The number of amides is 3. The van der Waals surface area contributed by atoms with Gasteiger partial charge in [0.15, 0.2) is 0 Å². The fraction of sp³-hybridized carbons (Fsp3) is 0.429. The third-order valence-electron chi connectivity index (χ3n) is 3.26. The van der Waals surface area contributed by atoms with E-state index in [0.29, 0.717) is 0 Å². The lowest BCUT2D eigenvalue weighted by Gasteiger charge is -2.12. The number of imide groups is 1. The largest absolute Gasteiger partial charge is 0.376 e. The molecule has 21 heavy (non-hydrogen) atoms. The molecule has 0 saturated heterocycles. The first-order chi connectivity index (χ1) is 10.0. The molecule has 3 amide bonds. The third kappa shape index (κ3) is 5.02. The summed E-state index contributed by atoms with van der Waals surface area (Å²) in [7, 11) is 0. The van der Waals surface area contributed by atoms with Gasteiger partial charge in [-0.1, -0.05) is 12.8 Å². The normalized spacial score (nSPS) is 14.8. The number of benzene rings is 1. The summed E-state index contributed by atoms with van der Waals surface area (Å²) in [5.74, 6) is -2.05. The standard InChI is InChI=1S/C14H17F2N3O2/c15-9-5-10(16)7-12(6-9)17-8-13(20)19-14(21)18-11-3-1-2-4-11/h5-7,11,17H,1-4,8H2,(H2,18,19,20,21). The van der Waals surface area contributed by atoms with E-state index in [1.54, 1.807) is 0 Å². The Kier molecular flexibility index (Phi) is 5.08. The van der Waals surface area contributed by atoms with Crippen molar-refractivity contribution in [3.8, 4) is 0 Å². The fourth-order valence-corrected chi connectivity index (χ4v) is 2.30. The Morgan fingerprint density at radius 2 is 1.71 bits per heavy atom. The molecule has 0 unspecified atom stereocenters. The van der Waals surface area contributed by atoms with E-state index in [9.17, 15) is 18.4 Å². The lowest BCUT2D eigenvalue weighted by atomic mass is 10.2. The van der Waals surface area contributed by atoms with Gasteiger partial charge in [0.25, 0.3) is 0 Å². The Hall–Kier alpha value is -2.18. The van der Waals surface area contributed by atoms with Crippen LogP contribution >= 0.6 is 0 Å². The molecule has 1 fully saturated rings. The number of anilines is 1. The molecule has 1 aromatic rings. The molecular formula is C14H17F2N3O2. The summed E-state index contributed by atoms with van der Waals surface area (Å²) in [6.45, 7) is -0.249. The van der Waals surface area contributed by atoms with E-state index in [0.717, 1.165) is 43.9 Å². The van der Waals surface area contributed by atoms with Crippen LogP contribution in [0.5, 0.6) is 0 Å². The van der Waals surface area contributed by atoms with Crippen LogP contribution in [0.2, 0.25) is 0 Å². The highest BCUT2D eigenvalue weighted by Crippen LogP contribution is 2.17. The molecule has 1 aliphatic rings. The van der Waals surface area contributed by atoms with Crippen molar-refractivity contribution in [1.29, 1.82) is 0 Å². The molecule has 1 aliphatic carbocycles. The Morgan fingerprint density at radius 1 is 1.10 bits per heavy atom. The Morgan fingerprint density at radius 3 is 2.33 bits per heavy atom. The summed E-state index contributed by atoms with van der Waals surface area (Å²) in [5.41, 5.74) is 0.138. The average Bonchev–Trinajstić information content (AvgIpc) is 2.88. The molecule has 0 heterocycles. The maximum Gasteiger partial charge on any atom is 0.321 e. The number of rotatable bonds is 4. The molecule has 5 nitrogen and oxygen atoms in total. The van der Waals surface area contributed by atoms with Crippen molar-refractivity contribution in [1.82, 2.24) is 10.6 Å². The van der Waals surface area contributed by atoms with E-state index in [2.05, 4.69) is 16.0 Å². The van der Waals surface area contributed by atoms with Crippen LogP contribution < -0.4 is 16.0 Å². The van der Waals surface area contributed by atoms with E-state index < -0.39 is 23.6 Å². The fourth-order valence-electron chi connectivity index (χ4n) is 2.30. The zero-order chi connectivity index (χ0) is 15.2. The van der Waals surface area contributed by atoms with Crippen LogP contribution in [0.3, 0.4) is 0 Å². The maximum atomic E-state index is 12.9. The van der Waals surface area contributed by atoms with Crippen molar-refractivity contribution in [3.05, 3.63) is 29.8 Å². The third-order valence-corrected chi connectivity index (χ3v) is 3.26. The summed E-state index contributed by atoms with van der Waals surface area (Å²) in [6.07, 6.45) is 3.99. The minimum absolute atomic E-state index is 0.114. The molecule has 0 bridgehead atoms. The molecular weight excluding hydrogens is 280 g/mol. The van der Waals surface area contributed by atoms with Crippen molar-refractivity contribution in [2.24, 2.45) is 0 Å². The lowest BCUT2D eigenvalue weighted by Crippen LogP contribution is -2.45. The highest BCUT2D eigenvalue weighted by molar-refractivity contribution is 5.96. The predicted octanol–water partition coefficient (Wildman–Crippen LogP) is 2.15. The van der Waals surface area contributed by atoms with Gasteiger partial charge in [-0.25, -0.2) is 13.6 Å². The molecule has 7 heteroatoms. The number of hydrogen-bond acceptors (Lipinski definition) is 3. The van der Waals surface area contributed by atoms with Crippen LogP contribution in [0.1, 0.15) is 25.7 Å². The minimum atomic E-state index is -0.739. The van der Waals surface area contributed by atoms with Gasteiger partial charge in [0.2, 0.25) is 5.91 Å². The van der Waals surface area contributed by atoms with E-state index in [1.807, 2.05) is 0 Å². The van der Waals surface area contributed by atoms with Gasteiger partial charge < -0.3 is 10.6 Å². The van der Waals surface area contributed by atoms with Gasteiger partial charge in [-0.05, 0) is 25.0 Å². The van der Waals surface area contributed by atoms with Gasteiger partial charge >= 0.3 is 6.03 Å². The zero-order valence-corrected chi connectivity index (χ0v) is 11.4. The van der Waals surface area contributed by atoms with Crippen molar-refractivity contribution in [2.45, 2.75) is 31.7 Å². The van der Waals surface area contributed by atoms with Crippen LogP contribution in [-0.4, -0.2) is 24.5 Å². The summed E-state index contributed by atoms with van der Waals surface area (Å²) < 4.78 is 25.9. The van der Waals surface area contributed by atoms with Crippen LogP contribution in [0, 0.1) is 11.6 Å². The highest BCUT2D eigenvalue weighted by Gasteiger charge is 2.18. The second-order valence-corrected chi connectivity index (χ2v) is 5.01. The van der Waals surface area contributed by atoms with E-state index >= 15 is 0 Å². The Labute approximate surface area is 121 Å². The molecule has 2 rings (SSSR count). The van der Waals surface area contributed by atoms with Gasteiger partial charge in [-0.15, -0.1) is 0 Å². The molecule has 1 aromatic carbocycles. The number of carbonyl (C=O) groups is 2. The van der Waals surface area contributed by atoms with Gasteiger partial charge in [-0.2, -0.15) is 0 Å². The highest BCUT2D eigenvalue weighted by atomic mass is 19.1. The molecule has 0 radical (unpaired) electrons. The summed E-state index contributed by atoms with van der Waals surface area (Å²) >= 11 is 0. The van der Waals surface area contributed by atoms with Crippen molar-refractivity contribution >= 4 is 17.6 Å². The number of nitrogens with one attached hydrogen (secondary N) is 3. The minimum Gasteiger partial charge on any atom is -0.376 e. The van der Waals surface area contributed by atoms with Crippen molar-refractivity contribution in [3.63, 3.8) is 0 Å². The molecule has 0 aliphatic heterocycles. The van der Waals surface area contributed by atoms with Gasteiger partial charge in [-0.3, -0.25) is 10.1 Å². The maximum absolute atomic E-state index is 12.9. The number of carbonyl (C=O) groups excluding carboxylic acids is 2. The number of hydrogen-bond donors (Lipinski definition) is 3. The second kappa shape index (κ2) is 7.01. The van der Waals surface area contributed by atoms with E-state index in [4.69, 9.17) is 0 Å². The van der Waals surface area contributed by atoms with Gasteiger partial charge in [0.05, 0.1) is 6.54 Å². The van der Waals surface area contributed by atoms with Crippen molar-refractivity contribution in [2.75, 3.05) is 11.9 Å². The SMILES string of the molecule is O=C(CNc1cc(F)cc(F)c1)NC(=O)NC1CCCC1. The van der Waals surface area contributed by atoms with Gasteiger partial charge in [0, 0.05) is 17.8 Å². The Balaban J connectivity index is 1.74. The monoisotopic (exact) mass is 297 g/mol. The summed E-state index contributed by atoms with van der Waals surface area (Å²) in [6, 6.07) is 2.44. The molecule has 0 aromatic heterocycles. The summed E-state index contributed by atoms with van der Waals surface area (Å²) in [4.78, 5) is 23.1. The average molecular weight is 297 g/mol. The second-order valence-electron chi connectivity index (χ2n) is 5.01. The Bertz CT molecular complexity index is 511. The molecule has 114 valence electrons. The van der Waals surface area contributed by atoms with Crippen LogP contribution in [-0.2, 0) is 4.79 Å². The molecule has 0 spiro atoms. The topological polar surface area (TPSA) is 70.2 Å². The summed E-state index contributed by atoms with van der Waals surface area (Å²) in [5, 5.41) is 7.43. The lowest BCUT2D eigenvalue weighted by molar-refractivity contribution is -0.118. The zero-order valence-electron chi connectivity index (χ0n) is 11.4. The van der Waals surface area contributed by atoms with Crippen LogP contribution in [0.25, 0.3) is 0 Å². The number of urea groups is 1. The van der Waals surface area contributed by atoms with Crippen LogP contribution in [0.4, 0.5) is 19.3 Å².